The van der Waals surface area contributed by atoms with E-state index in [1.807, 2.05) is 30.3 Å². The van der Waals surface area contributed by atoms with Gasteiger partial charge in [-0.05, 0) is 30.3 Å². The van der Waals surface area contributed by atoms with Gasteiger partial charge in [-0.2, -0.15) is 0 Å². The number of ether oxygens (including phenoxy) is 2. The Balaban J connectivity index is 2.08. The van der Waals surface area contributed by atoms with Crippen LogP contribution < -0.4 is 14.9 Å². The maximum absolute atomic E-state index is 12.6. The van der Waals surface area contributed by atoms with Gasteiger partial charge in [0, 0.05) is 0 Å². The summed E-state index contributed by atoms with van der Waals surface area (Å²) < 4.78 is 16.9. The Bertz CT molecular complexity index is 908. The van der Waals surface area contributed by atoms with E-state index in [9.17, 15) is 4.79 Å². The quantitative estimate of drug-likeness (QED) is 0.685. The normalized spacial score (nSPS) is 12.4. The van der Waals surface area contributed by atoms with Crippen molar-refractivity contribution < 1.29 is 13.9 Å². The van der Waals surface area contributed by atoms with Gasteiger partial charge in [-0.15, -0.1) is 0 Å². The van der Waals surface area contributed by atoms with Gasteiger partial charge in [0.25, 0.3) is 0 Å². The SMILES string of the molecule is COc1ccc2c(c1)-c1oc3ccccc3c(=O)c1CO2. The zero-order valence-electron chi connectivity index (χ0n) is 11.4. The Morgan fingerprint density at radius 1 is 1.14 bits per heavy atom. The van der Waals surface area contributed by atoms with Gasteiger partial charge in [-0.1, -0.05) is 12.1 Å². The first-order chi connectivity index (χ1) is 10.3. The van der Waals surface area contributed by atoms with Crippen molar-refractivity contribution in [1.82, 2.24) is 0 Å². The lowest BCUT2D eigenvalue weighted by molar-refractivity contribution is 0.294. The van der Waals surface area contributed by atoms with Crippen molar-refractivity contribution in [2.24, 2.45) is 0 Å². The number of hydrogen-bond donors (Lipinski definition) is 0. The molecule has 3 aromatic rings. The lowest BCUT2D eigenvalue weighted by Crippen LogP contribution is -2.17. The fourth-order valence-corrected chi connectivity index (χ4v) is 2.62. The molecule has 1 aliphatic rings. The molecule has 0 unspecified atom stereocenters. The maximum Gasteiger partial charge on any atom is 0.199 e. The van der Waals surface area contributed by atoms with E-state index in [0.717, 1.165) is 5.56 Å². The third-order valence-electron chi connectivity index (χ3n) is 3.70. The molecule has 0 radical (unpaired) electrons. The zero-order valence-corrected chi connectivity index (χ0v) is 11.4. The average molecular weight is 280 g/mol. The second-order valence-electron chi connectivity index (χ2n) is 4.89. The second-order valence-corrected chi connectivity index (χ2v) is 4.89. The summed E-state index contributed by atoms with van der Waals surface area (Å²) in [6, 6.07) is 12.7. The molecule has 4 rings (SSSR count). The van der Waals surface area contributed by atoms with Crippen LogP contribution in [-0.2, 0) is 6.61 Å². The van der Waals surface area contributed by atoms with Gasteiger partial charge in [0.1, 0.15) is 29.4 Å². The van der Waals surface area contributed by atoms with E-state index in [1.54, 1.807) is 19.2 Å². The van der Waals surface area contributed by atoms with Crippen molar-refractivity contribution >= 4 is 11.0 Å². The number of benzene rings is 2. The van der Waals surface area contributed by atoms with Crippen LogP contribution in [0.3, 0.4) is 0 Å². The third kappa shape index (κ3) is 1.72. The van der Waals surface area contributed by atoms with E-state index < -0.39 is 0 Å². The minimum atomic E-state index is -0.0414. The van der Waals surface area contributed by atoms with Crippen LogP contribution in [0.25, 0.3) is 22.3 Å². The highest BCUT2D eigenvalue weighted by atomic mass is 16.5. The standard InChI is InChI=1S/C17H12O4/c1-19-10-6-7-14-12(8-10)17-13(9-20-14)16(18)11-4-2-3-5-15(11)21-17/h2-8H,9H2,1H3. The highest BCUT2D eigenvalue weighted by Gasteiger charge is 2.24. The van der Waals surface area contributed by atoms with Crippen LogP contribution in [-0.4, -0.2) is 7.11 Å². The van der Waals surface area contributed by atoms with Crippen molar-refractivity contribution in [3.63, 3.8) is 0 Å². The molecule has 0 amide bonds. The van der Waals surface area contributed by atoms with Crippen LogP contribution >= 0.6 is 0 Å². The minimum absolute atomic E-state index is 0.0414. The molecule has 104 valence electrons. The fraction of sp³-hybridized carbons (Fsp3) is 0.118. The largest absolute Gasteiger partial charge is 0.497 e. The van der Waals surface area contributed by atoms with Gasteiger partial charge in [-0.3, -0.25) is 4.79 Å². The van der Waals surface area contributed by atoms with Crippen molar-refractivity contribution in [1.29, 1.82) is 0 Å². The smallest absolute Gasteiger partial charge is 0.199 e. The van der Waals surface area contributed by atoms with Gasteiger partial charge >= 0.3 is 0 Å². The lowest BCUT2D eigenvalue weighted by atomic mass is 10.0. The first-order valence-electron chi connectivity index (χ1n) is 6.64. The highest BCUT2D eigenvalue weighted by molar-refractivity contribution is 5.82. The molecule has 21 heavy (non-hydrogen) atoms. The summed E-state index contributed by atoms with van der Waals surface area (Å²) in [6.45, 7) is 0.224. The van der Waals surface area contributed by atoms with Crippen LogP contribution in [0.5, 0.6) is 11.5 Å². The fourth-order valence-electron chi connectivity index (χ4n) is 2.62. The van der Waals surface area contributed by atoms with E-state index in [-0.39, 0.29) is 12.0 Å². The molecule has 4 nitrogen and oxygen atoms in total. The Morgan fingerprint density at radius 3 is 2.86 bits per heavy atom. The zero-order chi connectivity index (χ0) is 14.4. The molecule has 1 aromatic heterocycles. The number of fused-ring (bicyclic) bond motifs is 4. The molecule has 2 aromatic carbocycles. The van der Waals surface area contributed by atoms with Gasteiger partial charge < -0.3 is 13.9 Å². The first kappa shape index (κ1) is 12.0. The monoisotopic (exact) mass is 280 g/mol. The summed E-state index contributed by atoms with van der Waals surface area (Å²) in [5.74, 6) is 1.96. The van der Waals surface area contributed by atoms with Gasteiger partial charge in [0.05, 0.1) is 23.6 Å². The van der Waals surface area contributed by atoms with E-state index in [2.05, 4.69) is 0 Å². The number of methoxy groups -OCH3 is 1. The van der Waals surface area contributed by atoms with E-state index in [1.165, 1.54) is 0 Å². The molecule has 0 spiro atoms. The van der Waals surface area contributed by atoms with Crippen molar-refractivity contribution in [2.45, 2.75) is 6.61 Å². The number of hydrogen-bond acceptors (Lipinski definition) is 4. The van der Waals surface area contributed by atoms with Crippen LogP contribution in [0.2, 0.25) is 0 Å². The van der Waals surface area contributed by atoms with E-state index >= 15 is 0 Å². The Hall–Kier alpha value is -2.75. The van der Waals surface area contributed by atoms with Crippen molar-refractivity contribution in [2.75, 3.05) is 7.11 Å². The van der Waals surface area contributed by atoms with Crippen LogP contribution in [0.4, 0.5) is 0 Å². The second kappa shape index (κ2) is 4.38. The topological polar surface area (TPSA) is 48.7 Å². The molecule has 0 bridgehead atoms. The molecule has 0 atom stereocenters. The Labute approximate surface area is 120 Å². The average Bonchev–Trinajstić information content (AvgIpc) is 2.54. The molecule has 4 heteroatoms. The summed E-state index contributed by atoms with van der Waals surface area (Å²) in [5, 5.41) is 0.575. The predicted molar refractivity (Wildman–Crippen MR) is 78.8 cm³/mol. The van der Waals surface area contributed by atoms with E-state index in [0.29, 0.717) is 33.8 Å². The van der Waals surface area contributed by atoms with Crippen LogP contribution in [0.15, 0.2) is 51.7 Å². The number of para-hydroxylation sites is 1. The van der Waals surface area contributed by atoms with Crippen molar-refractivity contribution in [3.8, 4) is 22.8 Å². The molecule has 2 heterocycles. The molecular weight excluding hydrogens is 268 g/mol. The Morgan fingerprint density at radius 2 is 2.00 bits per heavy atom. The molecular formula is C17H12O4. The van der Waals surface area contributed by atoms with Gasteiger partial charge in [0.2, 0.25) is 0 Å². The van der Waals surface area contributed by atoms with Gasteiger partial charge in [0.15, 0.2) is 5.43 Å². The molecule has 0 aliphatic carbocycles. The predicted octanol–water partition coefficient (Wildman–Crippen LogP) is 3.36. The molecule has 0 N–H and O–H groups in total. The maximum atomic E-state index is 12.6. The summed E-state index contributed by atoms with van der Waals surface area (Å²) in [4.78, 5) is 12.6. The molecule has 0 saturated heterocycles. The molecule has 0 fully saturated rings. The van der Waals surface area contributed by atoms with Crippen molar-refractivity contribution in [3.05, 3.63) is 58.3 Å². The van der Waals surface area contributed by atoms with Crippen LogP contribution in [0, 0.1) is 0 Å². The number of rotatable bonds is 1. The first-order valence-corrected chi connectivity index (χ1v) is 6.64. The highest BCUT2D eigenvalue weighted by Crippen LogP contribution is 2.39. The minimum Gasteiger partial charge on any atom is -0.497 e. The third-order valence-corrected chi connectivity index (χ3v) is 3.70. The summed E-state index contributed by atoms with van der Waals surface area (Å²) in [7, 11) is 1.60. The summed E-state index contributed by atoms with van der Waals surface area (Å²) in [5.41, 5.74) is 1.84. The molecule has 0 saturated carbocycles. The molecule has 1 aliphatic heterocycles. The summed E-state index contributed by atoms with van der Waals surface area (Å²) in [6.07, 6.45) is 0. The van der Waals surface area contributed by atoms with Gasteiger partial charge in [-0.25, -0.2) is 0 Å². The van der Waals surface area contributed by atoms with Crippen LogP contribution in [0.1, 0.15) is 5.56 Å². The Kier molecular flexibility index (Phi) is 2.51. The summed E-state index contributed by atoms with van der Waals surface area (Å²) >= 11 is 0. The van der Waals surface area contributed by atoms with E-state index in [4.69, 9.17) is 13.9 Å². The lowest BCUT2D eigenvalue weighted by Gasteiger charge is -2.20.